The first-order valence-corrected chi connectivity index (χ1v) is 16.6. The first-order valence-electron chi connectivity index (χ1n) is 16.6. The fraction of sp³-hybridized carbons (Fsp3) is 0.444. The SMILES string of the molecule is CCCc1ccc(-c2ccc(Oc3cc(-c4nc(C5CC(=O)N(C6CC6)C5)n(CC)n4)ccc3CN3C[C@@H](C)CC3=O)cc2)nn1. The highest BCUT2D eigenvalue weighted by molar-refractivity contribution is 5.80. The molecule has 2 atom stereocenters. The van der Waals surface area contributed by atoms with E-state index in [0.717, 1.165) is 66.1 Å². The van der Waals surface area contributed by atoms with Crippen molar-refractivity contribution in [2.24, 2.45) is 5.92 Å². The second-order valence-corrected chi connectivity index (χ2v) is 13.0. The average Bonchev–Trinajstić information content (AvgIpc) is 3.56. The van der Waals surface area contributed by atoms with Gasteiger partial charge in [0.05, 0.1) is 11.4 Å². The third kappa shape index (κ3) is 6.25. The number of hydrogen-bond donors (Lipinski definition) is 0. The zero-order chi connectivity index (χ0) is 31.8. The van der Waals surface area contributed by atoms with Crippen LogP contribution in [-0.4, -0.2) is 65.7 Å². The summed E-state index contributed by atoms with van der Waals surface area (Å²) in [6.45, 7) is 8.88. The minimum Gasteiger partial charge on any atom is -0.457 e. The van der Waals surface area contributed by atoms with Gasteiger partial charge in [-0.05, 0) is 74.6 Å². The van der Waals surface area contributed by atoms with E-state index in [9.17, 15) is 9.59 Å². The quantitative estimate of drug-likeness (QED) is 0.202. The van der Waals surface area contributed by atoms with Crippen LogP contribution in [0, 0.1) is 5.92 Å². The number of nitrogens with zero attached hydrogens (tertiary/aromatic N) is 7. The first-order chi connectivity index (χ1) is 22.4. The van der Waals surface area contributed by atoms with Crippen LogP contribution < -0.4 is 4.74 Å². The highest BCUT2D eigenvalue weighted by atomic mass is 16.5. The smallest absolute Gasteiger partial charge is 0.223 e. The van der Waals surface area contributed by atoms with Crippen molar-refractivity contribution in [1.82, 2.24) is 34.8 Å². The van der Waals surface area contributed by atoms with Gasteiger partial charge in [0.25, 0.3) is 0 Å². The molecule has 4 aromatic rings. The Bertz CT molecular complexity index is 1730. The van der Waals surface area contributed by atoms with E-state index in [-0.39, 0.29) is 17.7 Å². The highest BCUT2D eigenvalue weighted by Gasteiger charge is 2.41. The van der Waals surface area contributed by atoms with Crippen LogP contribution in [0.1, 0.15) is 75.9 Å². The minimum atomic E-state index is 0.0403. The molecular weight excluding hydrogens is 578 g/mol. The summed E-state index contributed by atoms with van der Waals surface area (Å²) in [7, 11) is 0. The predicted octanol–water partition coefficient (Wildman–Crippen LogP) is 6.01. The zero-order valence-corrected chi connectivity index (χ0v) is 26.9. The summed E-state index contributed by atoms with van der Waals surface area (Å²) >= 11 is 0. The van der Waals surface area contributed by atoms with Gasteiger partial charge in [0.2, 0.25) is 11.8 Å². The number of amides is 2. The van der Waals surface area contributed by atoms with Crippen LogP contribution in [0.3, 0.4) is 0 Å². The molecule has 1 unspecified atom stereocenters. The molecule has 46 heavy (non-hydrogen) atoms. The van der Waals surface area contributed by atoms with Crippen molar-refractivity contribution in [3.63, 3.8) is 0 Å². The molecule has 0 bridgehead atoms. The van der Waals surface area contributed by atoms with E-state index in [2.05, 4.69) is 31.0 Å². The molecule has 0 radical (unpaired) electrons. The Hall–Kier alpha value is -4.60. The number of carbonyl (C=O) groups is 2. The van der Waals surface area contributed by atoms with Gasteiger partial charge in [0.15, 0.2) is 5.82 Å². The van der Waals surface area contributed by atoms with Crippen molar-refractivity contribution in [2.45, 2.75) is 84.3 Å². The standard InChI is InChI=1S/C36H41N7O3/c1-4-6-28-11-16-31(39-38-28)24-9-14-30(15-10-24)46-32-18-25(7-8-26(32)21-41-20-23(3)17-33(41)44)35-37-36(43(5-2)40-35)27-19-34(45)42(22-27)29-12-13-29/h7-11,14-16,18,23,27,29H,4-6,12-13,17,19-22H2,1-3H3/t23-,27?/m0/s1. The largest absolute Gasteiger partial charge is 0.457 e. The maximum atomic E-state index is 12.7. The van der Waals surface area contributed by atoms with Crippen molar-refractivity contribution < 1.29 is 14.3 Å². The fourth-order valence-corrected chi connectivity index (χ4v) is 6.63. The number of rotatable bonds is 11. The summed E-state index contributed by atoms with van der Waals surface area (Å²) in [6.07, 6.45) is 5.20. The van der Waals surface area contributed by atoms with Crippen molar-refractivity contribution in [3.05, 3.63) is 71.7 Å². The van der Waals surface area contributed by atoms with E-state index in [1.54, 1.807) is 0 Å². The van der Waals surface area contributed by atoms with Gasteiger partial charge >= 0.3 is 0 Å². The number of likely N-dealkylation sites (tertiary alicyclic amines) is 2. The Morgan fingerprint density at radius 2 is 1.70 bits per heavy atom. The Morgan fingerprint density at radius 3 is 2.37 bits per heavy atom. The van der Waals surface area contributed by atoms with Gasteiger partial charge in [0, 0.05) is 67.7 Å². The molecule has 1 saturated carbocycles. The normalized spacial score (nSPS) is 19.8. The van der Waals surface area contributed by atoms with Crippen molar-refractivity contribution in [3.8, 4) is 34.1 Å². The van der Waals surface area contributed by atoms with E-state index in [4.69, 9.17) is 14.8 Å². The van der Waals surface area contributed by atoms with E-state index in [1.807, 2.05) is 69.1 Å². The molecule has 10 nitrogen and oxygen atoms in total. The second-order valence-electron chi connectivity index (χ2n) is 13.0. The Morgan fingerprint density at radius 1 is 0.891 bits per heavy atom. The molecule has 2 amide bonds. The van der Waals surface area contributed by atoms with Crippen LogP contribution in [0.5, 0.6) is 11.5 Å². The van der Waals surface area contributed by atoms with Gasteiger partial charge in [-0.3, -0.25) is 9.59 Å². The molecule has 2 aliphatic heterocycles. The lowest BCUT2D eigenvalue weighted by Gasteiger charge is -2.19. The van der Waals surface area contributed by atoms with Crippen LogP contribution >= 0.6 is 0 Å². The molecule has 0 spiro atoms. The maximum Gasteiger partial charge on any atom is 0.223 e. The van der Waals surface area contributed by atoms with Gasteiger partial charge in [0.1, 0.15) is 17.3 Å². The molecule has 0 N–H and O–H groups in total. The molecule has 238 valence electrons. The van der Waals surface area contributed by atoms with E-state index in [0.29, 0.717) is 61.8 Å². The van der Waals surface area contributed by atoms with E-state index in [1.165, 1.54) is 0 Å². The number of ether oxygens (including phenoxy) is 1. The lowest BCUT2D eigenvalue weighted by Crippen LogP contribution is -2.27. The van der Waals surface area contributed by atoms with Gasteiger partial charge < -0.3 is 14.5 Å². The lowest BCUT2D eigenvalue weighted by atomic mass is 10.1. The Labute approximate surface area is 269 Å². The molecular formula is C36H41N7O3. The molecule has 3 fully saturated rings. The number of hydrogen-bond acceptors (Lipinski definition) is 7. The Kier molecular flexibility index (Phi) is 8.27. The van der Waals surface area contributed by atoms with Crippen LogP contribution in [0.25, 0.3) is 22.6 Å². The molecule has 1 aliphatic carbocycles. The van der Waals surface area contributed by atoms with Crippen molar-refractivity contribution in [2.75, 3.05) is 13.1 Å². The summed E-state index contributed by atoms with van der Waals surface area (Å²) in [6, 6.07) is 18.3. The Balaban J connectivity index is 1.16. The van der Waals surface area contributed by atoms with E-state index >= 15 is 0 Å². The third-order valence-corrected chi connectivity index (χ3v) is 9.21. The topological polar surface area (TPSA) is 106 Å². The maximum absolute atomic E-state index is 12.7. The summed E-state index contributed by atoms with van der Waals surface area (Å²) in [4.78, 5) is 34.3. The van der Waals surface area contributed by atoms with Gasteiger partial charge in [-0.1, -0.05) is 32.4 Å². The van der Waals surface area contributed by atoms with Gasteiger partial charge in [-0.15, -0.1) is 0 Å². The summed E-state index contributed by atoms with van der Waals surface area (Å²) in [5.41, 5.74) is 4.52. The summed E-state index contributed by atoms with van der Waals surface area (Å²) in [5, 5.41) is 13.6. The average molecular weight is 620 g/mol. The molecule has 4 heterocycles. The number of carbonyl (C=O) groups excluding carboxylic acids is 2. The van der Waals surface area contributed by atoms with Crippen LogP contribution in [0.15, 0.2) is 54.6 Å². The highest BCUT2D eigenvalue weighted by Crippen LogP contribution is 2.37. The second kappa shape index (κ2) is 12.7. The fourth-order valence-electron chi connectivity index (χ4n) is 6.63. The van der Waals surface area contributed by atoms with Gasteiger partial charge in [-0.2, -0.15) is 15.3 Å². The zero-order valence-electron chi connectivity index (χ0n) is 26.9. The number of benzene rings is 2. The molecule has 10 heteroatoms. The lowest BCUT2D eigenvalue weighted by molar-refractivity contribution is -0.129. The van der Waals surface area contributed by atoms with E-state index < -0.39 is 0 Å². The summed E-state index contributed by atoms with van der Waals surface area (Å²) < 4.78 is 8.45. The number of aromatic nitrogens is 5. The molecule has 3 aliphatic rings. The molecule has 7 rings (SSSR count). The third-order valence-electron chi connectivity index (χ3n) is 9.21. The molecule has 2 aromatic heterocycles. The van der Waals surface area contributed by atoms with Crippen molar-refractivity contribution >= 4 is 11.8 Å². The molecule has 2 aromatic carbocycles. The predicted molar refractivity (Wildman–Crippen MR) is 174 cm³/mol. The monoisotopic (exact) mass is 619 g/mol. The first kappa shape index (κ1) is 30.1. The minimum absolute atomic E-state index is 0.0403. The summed E-state index contributed by atoms with van der Waals surface area (Å²) in [5.74, 6) is 3.56. The van der Waals surface area contributed by atoms with Crippen LogP contribution in [-0.2, 0) is 29.1 Å². The van der Waals surface area contributed by atoms with Crippen molar-refractivity contribution in [1.29, 1.82) is 0 Å². The molecule has 2 saturated heterocycles. The number of aryl methyl sites for hydroxylation is 2. The van der Waals surface area contributed by atoms with Gasteiger partial charge in [-0.25, -0.2) is 9.67 Å². The van der Waals surface area contributed by atoms with Crippen LogP contribution in [0.2, 0.25) is 0 Å². The van der Waals surface area contributed by atoms with Crippen LogP contribution in [0.4, 0.5) is 0 Å².